The van der Waals surface area contributed by atoms with E-state index in [1.807, 2.05) is 13.8 Å². The fourth-order valence-electron chi connectivity index (χ4n) is 2.80. The van der Waals surface area contributed by atoms with E-state index in [-0.39, 0.29) is 27.4 Å². The molecule has 0 fully saturated rings. The molecule has 0 radical (unpaired) electrons. The van der Waals surface area contributed by atoms with Crippen molar-refractivity contribution in [1.29, 1.82) is 0 Å². The van der Waals surface area contributed by atoms with Crippen LogP contribution in [0.2, 0.25) is 0 Å². The lowest BCUT2D eigenvalue weighted by Gasteiger charge is -2.14. The number of nitrogens with one attached hydrogen (secondary N) is 1. The molecule has 3 aromatic rings. The molecule has 13 heteroatoms. The van der Waals surface area contributed by atoms with Crippen molar-refractivity contribution in [1.82, 2.24) is 4.98 Å². The topological polar surface area (TPSA) is 152 Å². The molecule has 182 valence electrons. The Morgan fingerprint density at radius 2 is 1.76 bits per heavy atom. The molecular weight excluding hydrogens is 503 g/mol. The van der Waals surface area contributed by atoms with Crippen LogP contribution in [0.15, 0.2) is 53.6 Å². The molecule has 3 rings (SSSR count). The zero-order chi connectivity index (χ0) is 25.1. The summed E-state index contributed by atoms with van der Waals surface area (Å²) in [6.07, 6.45) is 1.77. The van der Waals surface area contributed by atoms with Crippen molar-refractivity contribution in [2.24, 2.45) is 0 Å². The van der Waals surface area contributed by atoms with Crippen molar-refractivity contribution in [3.63, 3.8) is 0 Å². The Labute approximate surface area is 200 Å². The highest BCUT2D eigenvalue weighted by atomic mass is 32.2. The summed E-state index contributed by atoms with van der Waals surface area (Å²) in [6.45, 7) is 3.66. The van der Waals surface area contributed by atoms with Gasteiger partial charge in [-0.3, -0.25) is 14.7 Å². The summed E-state index contributed by atoms with van der Waals surface area (Å²) in [6, 6.07) is 10.5. The van der Waals surface area contributed by atoms with E-state index in [0.717, 1.165) is 17.6 Å². The van der Waals surface area contributed by atoms with E-state index in [9.17, 15) is 17.8 Å². The van der Waals surface area contributed by atoms with Gasteiger partial charge in [-0.1, -0.05) is 0 Å². The molecule has 3 N–H and O–H groups in total. The lowest BCUT2D eigenvalue weighted by molar-refractivity contribution is 0.102. The quantitative estimate of drug-likeness (QED) is 0.351. The van der Waals surface area contributed by atoms with Crippen molar-refractivity contribution in [3.8, 4) is 17.2 Å². The van der Waals surface area contributed by atoms with Crippen LogP contribution in [0.4, 0.5) is 5.13 Å². The molecule has 0 bridgehead atoms. The number of benzene rings is 2. The number of ether oxygens (including phenoxy) is 2. The first kappa shape index (κ1) is 25.9. The zero-order valence-electron chi connectivity index (χ0n) is 18.5. The smallest absolute Gasteiger partial charge is 0.330 e. The van der Waals surface area contributed by atoms with Gasteiger partial charge in [-0.25, -0.2) is 13.4 Å². The number of rotatable bonds is 9. The number of aromatic nitrogens is 1. The zero-order valence-corrected chi connectivity index (χ0v) is 21.0. The maximum atomic E-state index is 12.8. The molecule has 10 nitrogen and oxygen atoms in total. The molecule has 2 aromatic carbocycles. The maximum absolute atomic E-state index is 12.8. The Morgan fingerprint density at radius 1 is 1.12 bits per heavy atom. The molecule has 0 unspecified atom stereocenters. The summed E-state index contributed by atoms with van der Waals surface area (Å²) < 4.78 is 46.0. The second-order valence-electron chi connectivity index (χ2n) is 7.61. The molecule has 1 heterocycles. The number of anilines is 1. The third-order valence-electron chi connectivity index (χ3n) is 4.14. The second kappa shape index (κ2) is 10.2. The number of nitrogens with zero attached hydrogens (tertiary/aromatic N) is 1. The summed E-state index contributed by atoms with van der Waals surface area (Å²) in [5.41, 5.74) is 0.202. The third-order valence-corrected chi connectivity index (χ3v) is 7.15. The normalized spacial score (nSPS) is 11.9. The van der Waals surface area contributed by atoms with Gasteiger partial charge in [0.05, 0.1) is 17.2 Å². The molecule has 0 aliphatic rings. The minimum atomic E-state index is -4.25. The van der Waals surface area contributed by atoms with Gasteiger partial charge < -0.3 is 19.3 Å². The Balaban J connectivity index is 1.83. The molecule has 1 aromatic heterocycles. The first-order chi connectivity index (χ1) is 15.8. The predicted molar refractivity (Wildman–Crippen MR) is 128 cm³/mol. The lowest BCUT2D eigenvalue weighted by Crippen LogP contribution is -2.13. The van der Waals surface area contributed by atoms with E-state index >= 15 is 0 Å². The standard InChI is InChI=1S/C21H23N2O8PS2/c1-13(2)30-16-8-14(20(24)23-21-22-11-18(33-21)12-32(25,26)27)9-17(10-16)31-15-4-6-19(7-5-15)34(3,28)29/h4-11,13H,12H2,1-3H3,(H,22,23,24)(H2,25,26,27). The molecular formula is C21H23N2O8PS2. The first-order valence-corrected chi connectivity index (χ1v) is 14.4. The van der Waals surface area contributed by atoms with Gasteiger partial charge >= 0.3 is 7.60 Å². The van der Waals surface area contributed by atoms with Gasteiger partial charge in [-0.2, -0.15) is 0 Å². The number of hydrogen-bond acceptors (Lipinski definition) is 8. The SMILES string of the molecule is CC(C)Oc1cc(Oc2ccc(S(C)(=O)=O)cc2)cc(C(=O)Nc2ncc(CP(=O)(O)O)s2)c1. The Kier molecular flexibility index (Phi) is 7.79. The number of sulfone groups is 1. The van der Waals surface area contributed by atoms with Gasteiger partial charge in [0.25, 0.3) is 5.91 Å². The molecule has 0 saturated carbocycles. The highest BCUT2D eigenvalue weighted by Crippen LogP contribution is 2.41. The molecule has 34 heavy (non-hydrogen) atoms. The number of carbonyl (C=O) groups is 1. The Bertz CT molecular complexity index is 1330. The van der Waals surface area contributed by atoms with Crippen molar-refractivity contribution in [2.75, 3.05) is 11.6 Å². The van der Waals surface area contributed by atoms with E-state index in [0.29, 0.717) is 16.4 Å². The summed E-state index contributed by atoms with van der Waals surface area (Å²) >= 11 is 0.961. The van der Waals surface area contributed by atoms with Crippen LogP contribution >= 0.6 is 18.9 Å². The summed E-state index contributed by atoms with van der Waals surface area (Å²) in [7, 11) is -7.59. The van der Waals surface area contributed by atoms with Crippen LogP contribution in [0.25, 0.3) is 0 Å². The molecule has 1 amide bonds. The molecule has 0 aliphatic carbocycles. The van der Waals surface area contributed by atoms with Gasteiger partial charge in [0.1, 0.15) is 17.2 Å². The molecule has 0 saturated heterocycles. The first-order valence-electron chi connectivity index (χ1n) is 9.89. The average Bonchev–Trinajstić information content (AvgIpc) is 3.11. The van der Waals surface area contributed by atoms with E-state index in [2.05, 4.69) is 10.3 Å². The van der Waals surface area contributed by atoms with Gasteiger partial charge in [-0.15, -0.1) is 11.3 Å². The largest absolute Gasteiger partial charge is 0.491 e. The van der Waals surface area contributed by atoms with Gasteiger partial charge in [0.15, 0.2) is 15.0 Å². The average molecular weight is 527 g/mol. The Hall–Kier alpha value is -2.76. The minimum absolute atomic E-state index is 0.151. The summed E-state index contributed by atoms with van der Waals surface area (Å²) in [5, 5.41) is 2.78. The van der Waals surface area contributed by atoms with E-state index < -0.39 is 29.5 Å². The van der Waals surface area contributed by atoms with Crippen LogP contribution in [0, 0.1) is 0 Å². The lowest BCUT2D eigenvalue weighted by atomic mass is 10.2. The van der Waals surface area contributed by atoms with Crippen molar-refractivity contribution in [2.45, 2.75) is 31.0 Å². The van der Waals surface area contributed by atoms with Crippen LogP contribution in [0.1, 0.15) is 29.1 Å². The number of thiazole rings is 1. The van der Waals surface area contributed by atoms with Gasteiger partial charge in [0.2, 0.25) is 0 Å². The van der Waals surface area contributed by atoms with Gasteiger partial charge in [-0.05, 0) is 50.2 Å². The Morgan fingerprint density at radius 3 is 2.35 bits per heavy atom. The predicted octanol–water partition coefficient (Wildman–Crippen LogP) is 4.06. The third kappa shape index (κ3) is 7.64. The number of amides is 1. The molecule has 0 spiro atoms. The molecule has 0 aliphatic heterocycles. The van der Waals surface area contributed by atoms with Gasteiger partial charge in [0, 0.05) is 29.0 Å². The van der Waals surface area contributed by atoms with E-state index in [1.54, 1.807) is 6.07 Å². The van der Waals surface area contributed by atoms with Crippen molar-refractivity contribution in [3.05, 3.63) is 59.1 Å². The van der Waals surface area contributed by atoms with E-state index in [1.165, 1.54) is 42.6 Å². The summed E-state index contributed by atoms with van der Waals surface area (Å²) in [5.74, 6) is 0.509. The highest BCUT2D eigenvalue weighted by molar-refractivity contribution is 7.90. The van der Waals surface area contributed by atoms with Crippen LogP contribution in [0.5, 0.6) is 17.2 Å². The van der Waals surface area contributed by atoms with Crippen molar-refractivity contribution < 1.29 is 37.0 Å². The fraction of sp³-hybridized carbons (Fsp3) is 0.238. The summed E-state index contributed by atoms with van der Waals surface area (Å²) in [4.78, 5) is 35.5. The minimum Gasteiger partial charge on any atom is -0.491 e. The molecule has 0 atom stereocenters. The number of hydrogen-bond donors (Lipinski definition) is 3. The second-order valence-corrected chi connectivity index (χ2v) is 12.4. The highest BCUT2D eigenvalue weighted by Gasteiger charge is 2.18. The maximum Gasteiger partial charge on any atom is 0.330 e. The monoisotopic (exact) mass is 526 g/mol. The van der Waals surface area contributed by atoms with Crippen LogP contribution in [0.3, 0.4) is 0 Å². The van der Waals surface area contributed by atoms with Crippen LogP contribution < -0.4 is 14.8 Å². The van der Waals surface area contributed by atoms with Crippen molar-refractivity contribution >= 4 is 39.8 Å². The fourth-order valence-corrected chi connectivity index (χ4v) is 5.29. The number of carbonyl (C=O) groups excluding carboxylic acids is 1. The van der Waals surface area contributed by atoms with E-state index in [4.69, 9.17) is 19.3 Å². The van der Waals surface area contributed by atoms with Crippen LogP contribution in [-0.2, 0) is 20.6 Å². The van der Waals surface area contributed by atoms with Crippen LogP contribution in [-0.4, -0.2) is 41.5 Å².